The van der Waals surface area contributed by atoms with E-state index in [1.54, 1.807) is 0 Å². The third kappa shape index (κ3) is 18.6. The molecule has 3 atom stereocenters. The topological polar surface area (TPSA) is 82.1 Å². The van der Waals surface area contributed by atoms with Gasteiger partial charge in [-0.1, -0.05) is 66.2 Å². The summed E-state index contributed by atoms with van der Waals surface area (Å²) in [5.74, 6) is 0.946. The van der Waals surface area contributed by atoms with Crippen LogP contribution in [0.3, 0.4) is 0 Å². The number of hydrogen-bond donors (Lipinski definition) is 1. The molecule has 3 unspecified atom stereocenters. The Bertz CT molecular complexity index is 418. The van der Waals surface area contributed by atoms with Crippen molar-refractivity contribution in [3.8, 4) is 0 Å². The molecule has 0 amide bonds. The second-order valence-electron chi connectivity index (χ2n) is 7.04. The minimum absolute atomic E-state index is 0. The molecule has 0 heterocycles. The van der Waals surface area contributed by atoms with E-state index in [9.17, 15) is 8.42 Å². The summed E-state index contributed by atoms with van der Waals surface area (Å²) >= 11 is 0. The first kappa shape index (κ1) is 30.0. The van der Waals surface area contributed by atoms with Gasteiger partial charge in [0.25, 0.3) is 0 Å². The van der Waals surface area contributed by atoms with Crippen LogP contribution in [0, 0.1) is 11.8 Å². The van der Waals surface area contributed by atoms with Crippen LogP contribution in [0.4, 0.5) is 0 Å². The van der Waals surface area contributed by atoms with Gasteiger partial charge in [0.2, 0.25) is 0 Å². The van der Waals surface area contributed by atoms with Gasteiger partial charge >= 0.3 is 40.0 Å². The van der Waals surface area contributed by atoms with Gasteiger partial charge in [0.1, 0.15) is 6.10 Å². The van der Waals surface area contributed by atoms with Crippen LogP contribution >= 0.6 is 0 Å². The van der Waals surface area contributed by atoms with E-state index in [1.807, 2.05) is 0 Å². The summed E-state index contributed by atoms with van der Waals surface area (Å²) in [5.41, 5.74) is 0. The van der Waals surface area contributed by atoms with E-state index in [0.717, 1.165) is 38.5 Å². The van der Waals surface area contributed by atoms with Gasteiger partial charge in [0.05, 0.1) is 13.2 Å². The Balaban J connectivity index is 0. The Hall–Kier alpha value is 0.790. The van der Waals surface area contributed by atoms with Gasteiger partial charge in [-0.25, -0.2) is 4.18 Å². The Kier molecular flexibility index (Phi) is 20.9. The second kappa shape index (κ2) is 18.8. The van der Waals surface area contributed by atoms with Crippen molar-refractivity contribution in [2.75, 3.05) is 26.4 Å². The van der Waals surface area contributed by atoms with E-state index in [-0.39, 0.29) is 42.8 Å². The third-order valence-electron chi connectivity index (χ3n) is 4.71. The van der Waals surface area contributed by atoms with E-state index >= 15 is 0 Å². The monoisotopic (exact) mass is 419 g/mol. The summed E-state index contributed by atoms with van der Waals surface area (Å²) in [7, 11) is -4.47. The van der Waals surface area contributed by atoms with Crippen LogP contribution in [0.2, 0.25) is 0 Å². The Morgan fingerprint density at radius 1 is 0.815 bits per heavy atom. The summed E-state index contributed by atoms with van der Waals surface area (Å²) in [6.07, 6.45) is 8.44. The van der Waals surface area contributed by atoms with Crippen molar-refractivity contribution in [2.24, 2.45) is 11.8 Å². The van der Waals surface area contributed by atoms with Crippen LogP contribution in [0.15, 0.2) is 0 Å². The molecule has 0 rings (SSSR count). The van der Waals surface area contributed by atoms with Crippen LogP contribution in [0.25, 0.3) is 0 Å². The standard InChI is InChI=1S/C19H40O6S.Na/c1-5-9-11-17(7-3)13-23-15-19(16-25-26(20,21)22)24-14-18(8-4)12-10-6-2;/h17-19H,5-16H2,1-4H3,(H,20,21,22);/q;+1. The molecule has 0 aliphatic rings. The van der Waals surface area contributed by atoms with Crippen LogP contribution < -0.4 is 29.6 Å². The maximum Gasteiger partial charge on any atom is 1.00 e. The van der Waals surface area contributed by atoms with Gasteiger partial charge in [0, 0.05) is 13.2 Å². The predicted molar refractivity (Wildman–Crippen MR) is 105 cm³/mol. The Labute approximate surface area is 189 Å². The van der Waals surface area contributed by atoms with Gasteiger partial charge in [-0.05, 0) is 24.7 Å². The van der Waals surface area contributed by atoms with Crippen molar-refractivity contribution in [1.82, 2.24) is 0 Å². The molecule has 0 bridgehead atoms. The zero-order valence-corrected chi connectivity index (χ0v) is 20.9. The van der Waals surface area contributed by atoms with Crippen molar-refractivity contribution in [2.45, 2.75) is 85.2 Å². The molecule has 0 aliphatic carbocycles. The van der Waals surface area contributed by atoms with Crippen LogP contribution in [-0.4, -0.2) is 45.5 Å². The smallest absolute Gasteiger partial charge is 0.378 e. The zero-order valence-electron chi connectivity index (χ0n) is 18.1. The first-order valence-corrected chi connectivity index (χ1v) is 11.5. The maximum absolute atomic E-state index is 10.9. The van der Waals surface area contributed by atoms with Gasteiger partial charge in [-0.2, -0.15) is 8.42 Å². The molecule has 0 saturated heterocycles. The maximum atomic E-state index is 10.9. The molecule has 0 aromatic heterocycles. The molecule has 0 saturated carbocycles. The molecule has 27 heavy (non-hydrogen) atoms. The van der Waals surface area contributed by atoms with Gasteiger partial charge < -0.3 is 9.47 Å². The first-order chi connectivity index (χ1) is 12.4. The number of rotatable bonds is 18. The van der Waals surface area contributed by atoms with Crippen LogP contribution in [0.1, 0.15) is 79.1 Å². The Morgan fingerprint density at radius 2 is 1.33 bits per heavy atom. The van der Waals surface area contributed by atoms with Crippen molar-refractivity contribution in [3.05, 3.63) is 0 Å². The summed E-state index contributed by atoms with van der Waals surface area (Å²) in [6.45, 7) is 9.83. The fourth-order valence-corrected chi connectivity index (χ4v) is 3.06. The fourth-order valence-electron chi connectivity index (χ4n) is 2.74. The predicted octanol–water partition coefficient (Wildman–Crippen LogP) is 1.64. The molecular weight excluding hydrogens is 379 g/mol. The fraction of sp³-hybridized carbons (Fsp3) is 1.00. The molecule has 0 aromatic rings. The summed E-state index contributed by atoms with van der Waals surface area (Å²) in [5, 5.41) is 0. The molecule has 6 nitrogen and oxygen atoms in total. The van der Waals surface area contributed by atoms with E-state index in [2.05, 4.69) is 31.9 Å². The largest absolute Gasteiger partial charge is 1.00 e. The van der Waals surface area contributed by atoms with E-state index in [4.69, 9.17) is 14.0 Å². The molecule has 8 heteroatoms. The first-order valence-electron chi connectivity index (χ1n) is 10.2. The average Bonchev–Trinajstić information content (AvgIpc) is 2.61. The minimum atomic E-state index is -4.47. The zero-order chi connectivity index (χ0) is 19.8. The molecular formula is C19H40NaO6S+. The normalized spacial score (nSPS) is 15.1. The van der Waals surface area contributed by atoms with Crippen molar-refractivity contribution in [1.29, 1.82) is 0 Å². The van der Waals surface area contributed by atoms with Crippen LogP contribution in [-0.2, 0) is 24.1 Å². The number of ether oxygens (including phenoxy) is 2. The minimum Gasteiger partial charge on any atom is -0.378 e. The summed E-state index contributed by atoms with van der Waals surface area (Å²) < 4.78 is 46.7. The quantitative estimate of drug-likeness (QED) is 0.269. The third-order valence-corrected chi connectivity index (χ3v) is 5.15. The molecule has 0 radical (unpaired) electrons. The molecule has 0 fully saturated rings. The number of unbranched alkanes of at least 4 members (excludes halogenated alkanes) is 2. The van der Waals surface area contributed by atoms with Crippen LogP contribution in [0.5, 0.6) is 0 Å². The molecule has 0 spiro atoms. The second-order valence-corrected chi connectivity index (χ2v) is 8.13. The van der Waals surface area contributed by atoms with E-state index in [0.29, 0.717) is 25.0 Å². The average molecular weight is 420 g/mol. The van der Waals surface area contributed by atoms with E-state index in [1.165, 1.54) is 12.8 Å². The molecule has 1 N–H and O–H groups in total. The van der Waals surface area contributed by atoms with Crippen molar-refractivity contribution < 1.29 is 56.2 Å². The molecule has 0 aromatic carbocycles. The van der Waals surface area contributed by atoms with Crippen molar-refractivity contribution >= 4 is 10.4 Å². The number of hydrogen-bond acceptors (Lipinski definition) is 5. The van der Waals surface area contributed by atoms with E-state index < -0.39 is 16.5 Å². The summed E-state index contributed by atoms with van der Waals surface area (Å²) in [6, 6.07) is 0. The van der Waals surface area contributed by atoms with Crippen molar-refractivity contribution in [3.63, 3.8) is 0 Å². The van der Waals surface area contributed by atoms with Gasteiger partial charge in [0.15, 0.2) is 0 Å². The molecule has 0 aliphatic heterocycles. The SMILES string of the molecule is CCCCC(CC)COCC(COS(=O)(=O)O)OCC(CC)CCCC.[Na+]. The molecule has 158 valence electrons. The summed E-state index contributed by atoms with van der Waals surface area (Å²) in [4.78, 5) is 0. The van der Waals surface area contributed by atoms with Gasteiger partial charge in [-0.3, -0.25) is 4.55 Å². The van der Waals surface area contributed by atoms with Gasteiger partial charge in [-0.15, -0.1) is 0 Å². The Morgan fingerprint density at radius 3 is 1.78 bits per heavy atom.